The van der Waals surface area contributed by atoms with E-state index < -0.39 is 17.8 Å². The van der Waals surface area contributed by atoms with Crippen molar-refractivity contribution in [2.45, 2.75) is 13.1 Å². The molecule has 1 saturated heterocycles. The number of piperazine rings is 1. The summed E-state index contributed by atoms with van der Waals surface area (Å²) in [6.45, 7) is 3.78. The van der Waals surface area contributed by atoms with Crippen LogP contribution in [0.2, 0.25) is 0 Å². The third-order valence-electron chi connectivity index (χ3n) is 5.01. The molecule has 1 aliphatic heterocycles. The van der Waals surface area contributed by atoms with E-state index in [0.29, 0.717) is 32.0 Å². The number of hydrogen-bond donors (Lipinski definition) is 1. The molecule has 10 heteroatoms. The second kappa shape index (κ2) is 8.29. The van der Waals surface area contributed by atoms with Crippen LogP contribution in [-0.4, -0.2) is 51.6 Å². The minimum atomic E-state index is -4.46. The first kappa shape index (κ1) is 20.7. The number of hydrogen-bond acceptors (Lipinski definition) is 4. The molecular weight excluding hydrogens is 409 g/mol. The molecule has 1 aromatic carbocycles. The zero-order chi connectivity index (χ0) is 22.0. The Bertz CT molecular complexity index is 1060. The van der Waals surface area contributed by atoms with Crippen molar-refractivity contribution in [3.8, 4) is 5.82 Å². The highest BCUT2D eigenvalue weighted by Crippen LogP contribution is 2.30. The van der Waals surface area contributed by atoms with E-state index in [9.17, 15) is 18.0 Å². The monoisotopic (exact) mass is 430 g/mol. The Labute approximate surface area is 177 Å². The van der Waals surface area contributed by atoms with Crippen molar-refractivity contribution in [3.63, 3.8) is 0 Å². The summed E-state index contributed by atoms with van der Waals surface area (Å²) in [4.78, 5) is 25.1. The molecule has 0 spiro atoms. The molecule has 7 nitrogen and oxygen atoms in total. The normalized spacial score (nSPS) is 14.6. The van der Waals surface area contributed by atoms with Gasteiger partial charge in [-0.2, -0.15) is 13.2 Å². The summed E-state index contributed by atoms with van der Waals surface area (Å²) in [5.41, 5.74) is -0.683. The maximum Gasteiger partial charge on any atom is 0.416 e. The van der Waals surface area contributed by atoms with Gasteiger partial charge in [-0.05, 0) is 37.3 Å². The van der Waals surface area contributed by atoms with Crippen LogP contribution < -0.4 is 10.2 Å². The highest BCUT2D eigenvalue weighted by molar-refractivity contribution is 5.89. The van der Waals surface area contributed by atoms with Crippen LogP contribution in [0.5, 0.6) is 0 Å². The van der Waals surface area contributed by atoms with Crippen molar-refractivity contribution in [2.24, 2.45) is 0 Å². The number of carbonyl (C=O) groups excluding carboxylic acids is 1. The summed E-state index contributed by atoms with van der Waals surface area (Å²) in [5.74, 6) is 2.18. The Kier molecular flexibility index (Phi) is 5.53. The molecule has 4 rings (SSSR count). The number of amides is 2. The quantitative estimate of drug-likeness (QED) is 0.684. The fraction of sp³-hybridized carbons (Fsp3) is 0.286. The third kappa shape index (κ3) is 4.79. The Morgan fingerprint density at radius 1 is 0.968 bits per heavy atom. The van der Waals surface area contributed by atoms with Gasteiger partial charge >= 0.3 is 12.2 Å². The van der Waals surface area contributed by atoms with Crippen molar-refractivity contribution < 1.29 is 18.0 Å². The van der Waals surface area contributed by atoms with Crippen LogP contribution in [-0.2, 0) is 6.18 Å². The SMILES string of the molecule is Cc1nc(N2CCN(C(=O)Nc3cccc(C(F)(F)F)c3)CC2)cc(-n2cccc2)n1. The first-order chi connectivity index (χ1) is 14.8. The minimum absolute atomic E-state index is 0.116. The molecule has 1 N–H and O–H groups in total. The van der Waals surface area contributed by atoms with Gasteiger partial charge in [-0.3, -0.25) is 0 Å². The maximum atomic E-state index is 12.9. The van der Waals surface area contributed by atoms with E-state index in [0.717, 1.165) is 23.8 Å². The number of aromatic nitrogens is 3. The largest absolute Gasteiger partial charge is 0.416 e. The first-order valence-corrected chi connectivity index (χ1v) is 9.77. The van der Waals surface area contributed by atoms with E-state index in [4.69, 9.17) is 0 Å². The third-order valence-corrected chi connectivity index (χ3v) is 5.01. The molecule has 0 unspecified atom stereocenters. The minimum Gasteiger partial charge on any atom is -0.353 e. The van der Waals surface area contributed by atoms with Crippen LogP contribution in [0.1, 0.15) is 11.4 Å². The van der Waals surface area contributed by atoms with Gasteiger partial charge in [0.2, 0.25) is 0 Å². The first-order valence-electron chi connectivity index (χ1n) is 9.77. The van der Waals surface area contributed by atoms with E-state index >= 15 is 0 Å². The van der Waals surface area contributed by atoms with E-state index in [1.165, 1.54) is 12.1 Å². The fourth-order valence-electron chi connectivity index (χ4n) is 3.43. The summed E-state index contributed by atoms with van der Waals surface area (Å²) in [6.07, 6.45) is -0.648. The number of benzene rings is 1. The molecule has 0 bridgehead atoms. The molecular formula is C21H21F3N6O. The number of anilines is 2. The molecule has 0 atom stereocenters. The topological polar surface area (TPSA) is 66.3 Å². The van der Waals surface area contributed by atoms with Crippen LogP contribution >= 0.6 is 0 Å². The lowest BCUT2D eigenvalue weighted by Crippen LogP contribution is -2.50. The standard InChI is InChI=1S/C21H21F3N6O/c1-15-25-18(28-7-2-3-8-28)14-19(26-15)29-9-11-30(12-10-29)20(31)27-17-6-4-5-16(13-17)21(22,23)24/h2-8,13-14H,9-12H2,1H3,(H,27,31). The summed E-state index contributed by atoms with van der Waals surface area (Å²) >= 11 is 0. The Balaban J connectivity index is 1.39. The number of carbonyl (C=O) groups is 1. The molecule has 3 aromatic rings. The van der Waals surface area contributed by atoms with Gasteiger partial charge in [0.05, 0.1) is 5.56 Å². The Morgan fingerprint density at radius 2 is 1.65 bits per heavy atom. The summed E-state index contributed by atoms with van der Waals surface area (Å²) in [5, 5.41) is 2.56. The molecule has 0 aliphatic carbocycles. The number of nitrogens with zero attached hydrogens (tertiary/aromatic N) is 5. The van der Waals surface area contributed by atoms with Gasteiger partial charge in [-0.15, -0.1) is 0 Å². The second-order valence-electron chi connectivity index (χ2n) is 7.20. The molecule has 1 fully saturated rings. The van der Waals surface area contributed by atoms with Crippen molar-refractivity contribution >= 4 is 17.5 Å². The van der Waals surface area contributed by atoms with Gasteiger partial charge in [0.15, 0.2) is 0 Å². The van der Waals surface area contributed by atoms with E-state index in [1.54, 1.807) is 4.90 Å². The lowest BCUT2D eigenvalue weighted by atomic mass is 10.2. The lowest BCUT2D eigenvalue weighted by molar-refractivity contribution is -0.137. The maximum absolute atomic E-state index is 12.9. The molecule has 162 valence electrons. The second-order valence-corrected chi connectivity index (χ2v) is 7.20. The van der Waals surface area contributed by atoms with Gasteiger partial charge in [0, 0.05) is 50.3 Å². The van der Waals surface area contributed by atoms with Crippen LogP contribution in [0, 0.1) is 6.92 Å². The van der Waals surface area contributed by atoms with Gasteiger partial charge in [-0.1, -0.05) is 6.07 Å². The number of alkyl halides is 3. The van der Waals surface area contributed by atoms with Gasteiger partial charge < -0.3 is 19.7 Å². The lowest BCUT2D eigenvalue weighted by Gasteiger charge is -2.35. The van der Waals surface area contributed by atoms with Gasteiger partial charge in [0.25, 0.3) is 0 Å². The molecule has 1 aliphatic rings. The number of rotatable bonds is 3. The van der Waals surface area contributed by atoms with Crippen molar-refractivity contribution in [1.82, 2.24) is 19.4 Å². The number of aryl methyl sites for hydroxylation is 1. The van der Waals surface area contributed by atoms with Crippen LogP contribution in [0.25, 0.3) is 5.82 Å². The summed E-state index contributed by atoms with van der Waals surface area (Å²) < 4.78 is 40.5. The average Bonchev–Trinajstić information content (AvgIpc) is 3.28. The van der Waals surface area contributed by atoms with Crippen molar-refractivity contribution in [2.75, 3.05) is 36.4 Å². The number of nitrogens with one attached hydrogen (secondary N) is 1. The Morgan fingerprint density at radius 3 is 2.32 bits per heavy atom. The Hall–Kier alpha value is -3.56. The van der Waals surface area contributed by atoms with Crippen LogP contribution in [0.15, 0.2) is 54.9 Å². The predicted molar refractivity (Wildman–Crippen MR) is 110 cm³/mol. The number of halogens is 3. The zero-order valence-electron chi connectivity index (χ0n) is 16.8. The van der Waals surface area contributed by atoms with E-state index in [1.807, 2.05) is 42.1 Å². The van der Waals surface area contributed by atoms with Gasteiger partial charge in [-0.25, -0.2) is 14.8 Å². The van der Waals surface area contributed by atoms with Crippen LogP contribution in [0.4, 0.5) is 29.5 Å². The molecule has 0 radical (unpaired) electrons. The van der Waals surface area contributed by atoms with Crippen LogP contribution in [0.3, 0.4) is 0 Å². The number of urea groups is 1. The zero-order valence-corrected chi connectivity index (χ0v) is 16.8. The van der Waals surface area contributed by atoms with Crippen molar-refractivity contribution in [3.05, 3.63) is 66.2 Å². The van der Waals surface area contributed by atoms with Gasteiger partial charge in [0.1, 0.15) is 17.5 Å². The predicted octanol–water partition coefficient (Wildman–Crippen LogP) is 3.95. The summed E-state index contributed by atoms with van der Waals surface area (Å²) in [7, 11) is 0. The molecule has 31 heavy (non-hydrogen) atoms. The highest BCUT2D eigenvalue weighted by Gasteiger charge is 2.31. The molecule has 3 heterocycles. The smallest absolute Gasteiger partial charge is 0.353 e. The molecule has 2 amide bonds. The summed E-state index contributed by atoms with van der Waals surface area (Å²) in [6, 6.07) is 9.92. The molecule has 0 saturated carbocycles. The molecule has 2 aromatic heterocycles. The van der Waals surface area contributed by atoms with Crippen molar-refractivity contribution in [1.29, 1.82) is 0 Å². The van der Waals surface area contributed by atoms with E-state index in [-0.39, 0.29) is 5.69 Å². The van der Waals surface area contributed by atoms with E-state index in [2.05, 4.69) is 20.2 Å². The fourth-order valence-corrected chi connectivity index (χ4v) is 3.43. The average molecular weight is 430 g/mol. The highest BCUT2D eigenvalue weighted by atomic mass is 19.4.